The lowest BCUT2D eigenvalue weighted by Crippen LogP contribution is -2.63. The number of hydrogen-bond acceptors (Lipinski definition) is 7. The topological polar surface area (TPSA) is 171 Å². The van der Waals surface area contributed by atoms with E-state index in [2.05, 4.69) is 40.3 Å². The van der Waals surface area contributed by atoms with Gasteiger partial charge < -0.3 is 26.2 Å². The van der Waals surface area contributed by atoms with Crippen molar-refractivity contribution in [1.29, 1.82) is 0 Å². The zero-order valence-electron chi connectivity index (χ0n) is 33.2. The molecule has 2 saturated carbocycles. The van der Waals surface area contributed by atoms with Crippen LogP contribution in [0, 0.1) is 35.5 Å². The molecule has 1 aliphatic heterocycles. The fourth-order valence-electron chi connectivity index (χ4n) is 8.54. The molecule has 4 aliphatic rings. The Bertz CT molecular complexity index is 1730. The van der Waals surface area contributed by atoms with Gasteiger partial charge in [-0.15, -0.1) is 18.9 Å². The number of sulfone groups is 1. The number of urea groups is 1. The number of likely N-dealkylation sites (tertiary alicyclic amines) is 1. The van der Waals surface area contributed by atoms with Crippen LogP contribution >= 0.6 is 0 Å². The highest BCUT2D eigenvalue weighted by Gasteiger charge is 2.69. The number of ketones is 1. The number of carbonyl (C=O) groups excluding carboxylic acids is 5. The number of hydrogen-bond donors (Lipinski definition) is 4. The monoisotopic (exact) mass is 779 g/mol. The van der Waals surface area contributed by atoms with Crippen molar-refractivity contribution < 1.29 is 32.4 Å². The van der Waals surface area contributed by atoms with Crippen LogP contribution in [0.1, 0.15) is 98.8 Å². The summed E-state index contributed by atoms with van der Waals surface area (Å²) < 4.78 is 26.0. The maximum atomic E-state index is 15.0. The minimum atomic E-state index is -3.61. The van der Waals surface area contributed by atoms with Crippen molar-refractivity contribution in [1.82, 2.24) is 26.2 Å². The zero-order chi connectivity index (χ0) is 40.8. The van der Waals surface area contributed by atoms with E-state index in [4.69, 9.17) is 6.42 Å². The SMILES string of the molecule is C#CCCC(NC(=O)[C@@H]1[C@@H]2[C@H](CN1C(=O)[C@@H](NC(=O)NC1(CS(=O)(=O)C(C)(C)C)CCCCC1)C1CC/C=C\C=C/C(=C)C1)C2(C)C)C(=O)C(=O)NCC=C. The number of Topliss-reactive ketones (excluding diaryl/α,β-unsaturated/α-hetero) is 1. The fraction of sp³-hybridized carbons (Fsp3) is 0.643. The third-order valence-corrected chi connectivity index (χ3v) is 14.8. The van der Waals surface area contributed by atoms with E-state index in [1.165, 1.54) is 11.0 Å². The van der Waals surface area contributed by atoms with Gasteiger partial charge in [-0.1, -0.05) is 75.6 Å². The molecule has 0 aromatic carbocycles. The fourth-order valence-corrected chi connectivity index (χ4v) is 10.1. The maximum absolute atomic E-state index is 15.0. The molecule has 5 amide bonds. The molecule has 1 saturated heterocycles. The highest BCUT2D eigenvalue weighted by molar-refractivity contribution is 7.92. The Balaban J connectivity index is 1.67. The van der Waals surface area contributed by atoms with E-state index >= 15 is 0 Å². The quantitative estimate of drug-likeness (QED) is 0.116. The van der Waals surface area contributed by atoms with Crippen molar-refractivity contribution in [3.8, 4) is 12.3 Å². The van der Waals surface area contributed by atoms with Crippen LogP contribution in [0.15, 0.2) is 49.1 Å². The van der Waals surface area contributed by atoms with Crippen LogP contribution in [-0.4, -0.2) is 90.1 Å². The lowest BCUT2D eigenvalue weighted by atomic mass is 9.83. The van der Waals surface area contributed by atoms with Gasteiger partial charge >= 0.3 is 6.03 Å². The summed E-state index contributed by atoms with van der Waals surface area (Å²) in [6.45, 7) is 17.1. The molecular formula is C42H61N5O7S. The number of carbonyl (C=O) groups is 5. The van der Waals surface area contributed by atoms with Crippen molar-refractivity contribution in [3.63, 3.8) is 0 Å². The van der Waals surface area contributed by atoms with Gasteiger partial charge in [-0.25, -0.2) is 13.2 Å². The number of terminal acetylenes is 1. The smallest absolute Gasteiger partial charge is 0.315 e. The summed E-state index contributed by atoms with van der Waals surface area (Å²) in [6.07, 6.45) is 19.7. The minimum absolute atomic E-state index is 0.00750. The van der Waals surface area contributed by atoms with Gasteiger partial charge in [-0.2, -0.15) is 0 Å². The molecule has 4 rings (SSSR count). The first-order valence-electron chi connectivity index (χ1n) is 19.6. The normalized spacial score (nSPS) is 26.5. The molecule has 4 N–H and O–H groups in total. The lowest BCUT2D eigenvalue weighted by molar-refractivity contribution is -0.144. The molecule has 13 heteroatoms. The molecule has 1 heterocycles. The Morgan fingerprint density at radius 1 is 1.09 bits per heavy atom. The number of fused-ring (bicyclic) bond motifs is 1. The van der Waals surface area contributed by atoms with Gasteiger partial charge in [-0.05, 0) is 82.5 Å². The predicted octanol–water partition coefficient (Wildman–Crippen LogP) is 4.29. The summed E-state index contributed by atoms with van der Waals surface area (Å²) in [5.41, 5.74) is -0.511. The summed E-state index contributed by atoms with van der Waals surface area (Å²) >= 11 is 0. The summed E-state index contributed by atoms with van der Waals surface area (Å²) in [4.78, 5) is 70.8. The molecule has 0 bridgehead atoms. The minimum Gasteiger partial charge on any atom is -0.346 e. The van der Waals surface area contributed by atoms with Gasteiger partial charge in [0.15, 0.2) is 9.84 Å². The van der Waals surface area contributed by atoms with Crippen molar-refractivity contribution in [2.45, 2.75) is 127 Å². The summed E-state index contributed by atoms with van der Waals surface area (Å²) in [7, 11) is -3.61. The molecule has 0 aromatic rings. The van der Waals surface area contributed by atoms with Crippen molar-refractivity contribution in [2.75, 3.05) is 18.8 Å². The molecule has 12 nitrogen and oxygen atoms in total. The number of rotatable bonds is 14. The largest absolute Gasteiger partial charge is 0.346 e. The lowest BCUT2D eigenvalue weighted by Gasteiger charge is -2.40. The summed E-state index contributed by atoms with van der Waals surface area (Å²) in [5, 5.41) is 11.3. The van der Waals surface area contributed by atoms with E-state index in [1.54, 1.807) is 20.8 Å². The van der Waals surface area contributed by atoms with Crippen LogP contribution in [0.2, 0.25) is 0 Å². The van der Waals surface area contributed by atoms with Crippen molar-refractivity contribution in [3.05, 3.63) is 49.1 Å². The van der Waals surface area contributed by atoms with Crippen LogP contribution in [0.5, 0.6) is 0 Å². The maximum Gasteiger partial charge on any atom is 0.315 e. The average molecular weight is 780 g/mol. The first-order valence-corrected chi connectivity index (χ1v) is 21.2. The van der Waals surface area contributed by atoms with Crippen molar-refractivity contribution in [2.24, 2.45) is 23.2 Å². The molecule has 3 fully saturated rings. The second kappa shape index (κ2) is 17.7. The van der Waals surface area contributed by atoms with Gasteiger partial charge in [-0.3, -0.25) is 19.2 Å². The summed E-state index contributed by atoms with van der Waals surface area (Å²) in [6, 6.07) is -3.91. The molecule has 0 aromatic heterocycles. The highest BCUT2D eigenvalue weighted by atomic mass is 32.2. The molecular weight excluding hydrogens is 719 g/mol. The second-order valence-electron chi connectivity index (χ2n) is 17.3. The Labute approximate surface area is 327 Å². The molecule has 6 atom stereocenters. The second-order valence-corrected chi connectivity index (χ2v) is 20.1. The van der Waals surface area contributed by atoms with Crippen molar-refractivity contribution >= 4 is 39.4 Å². The standard InChI is InChI=1S/C42H61N5O7S/c1-9-11-21-31(35(48)37(50)43-24-10-2)44-36(49)34-32-30(41(32,7)8)26-47(34)38(51)33(29-20-16-13-12-15-19-28(3)25-29)45-39(52)46-42(22-17-14-18-23-42)27-55(53,54)40(4,5)6/h1,10,12-13,15,19,29-34H,2-3,11,14,16-18,20-27H2,4-8H3,(H,43,50)(H,44,49)(H2,45,46,52)/b13-12-,19-15-/t29?,30-,31?,32-,33-,34-/m0/s1. The van der Waals surface area contributed by atoms with Crippen LogP contribution in [0.3, 0.4) is 0 Å². The number of piperidine rings is 1. The third-order valence-electron chi connectivity index (χ3n) is 12.0. The molecule has 0 radical (unpaired) electrons. The Morgan fingerprint density at radius 3 is 2.42 bits per heavy atom. The van der Waals surface area contributed by atoms with Gasteiger partial charge in [0.05, 0.1) is 22.1 Å². The van der Waals surface area contributed by atoms with Crippen LogP contribution in [-0.2, 0) is 29.0 Å². The van der Waals surface area contributed by atoms with Gasteiger partial charge in [0, 0.05) is 19.5 Å². The first kappa shape index (κ1) is 43.5. The molecule has 3 aliphatic carbocycles. The number of allylic oxidation sites excluding steroid dienone is 5. The summed E-state index contributed by atoms with van der Waals surface area (Å²) in [5.74, 6) is -1.14. The highest BCUT2D eigenvalue weighted by Crippen LogP contribution is 2.65. The zero-order valence-corrected chi connectivity index (χ0v) is 34.1. The Hall–Kier alpha value is -4.18. The van der Waals surface area contributed by atoms with Crippen LogP contribution in [0.4, 0.5) is 4.79 Å². The van der Waals surface area contributed by atoms with E-state index < -0.39 is 73.7 Å². The van der Waals surface area contributed by atoms with E-state index in [-0.39, 0.29) is 48.9 Å². The van der Waals surface area contributed by atoms with E-state index in [9.17, 15) is 32.4 Å². The first-order chi connectivity index (χ1) is 25.8. The van der Waals surface area contributed by atoms with E-state index in [0.29, 0.717) is 32.1 Å². The number of amides is 5. The molecule has 55 heavy (non-hydrogen) atoms. The van der Waals surface area contributed by atoms with Crippen LogP contribution in [0.25, 0.3) is 0 Å². The van der Waals surface area contributed by atoms with Gasteiger partial charge in [0.2, 0.25) is 17.6 Å². The molecule has 2 unspecified atom stereocenters. The third kappa shape index (κ3) is 10.4. The average Bonchev–Trinajstić information content (AvgIpc) is 3.41. The molecule has 302 valence electrons. The molecule has 0 spiro atoms. The Morgan fingerprint density at radius 2 is 1.78 bits per heavy atom. The van der Waals surface area contributed by atoms with Gasteiger partial charge in [0.1, 0.15) is 12.1 Å². The number of nitrogens with one attached hydrogen (secondary N) is 4. The predicted molar refractivity (Wildman–Crippen MR) is 214 cm³/mol. The van der Waals surface area contributed by atoms with E-state index in [0.717, 1.165) is 24.8 Å². The van der Waals surface area contributed by atoms with E-state index in [1.807, 2.05) is 38.2 Å². The Kier molecular flexibility index (Phi) is 14.0. The number of nitrogens with zero attached hydrogens (tertiary/aromatic N) is 1. The van der Waals surface area contributed by atoms with Gasteiger partial charge in [0.25, 0.3) is 5.91 Å². The van der Waals surface area contributed by atoms with Crippen LogP contribution < -0.4 is 21.3 Å².